The molecular weight excluding hydrogens is 1370 g/mol. The van der Waals surface area contributed by atoms with E-state index in [1.807, 2.05) is 81.4 Å². The Bertz CT molecular complexity index is 3650. The summed E-state index contributed by atoms with van der Waals surface area (Å²) in [5, 5.41) is 5.94. The zero-order valence-corrected chi connectivity index (χ0v) is 64.4. The summed E-state index contributed by atoms with van der Waals surface area (Å²) in [7, 11) is 19.2. The van der Waals surface area contributed by atoms with Crippen molar-refractivity contribution in [3.05, 3.63) is 143 Å². The average molecular weight is 1480 g/mol. The van der Waals surface area contributed by atoms with Crippen LogP contribution in [0.25, 0.3) is 0 Å². The Morgan fingerprint density at radius 2 is 0.813 bits per heavy atom. The van der Waals surface area contributed by atoms with Crippen LogP contribution in [-0.2, 0) is 51.1 Å². The van der Waals surface area contributed by atoms with Gasteiger partial charge in [0, 0.05) is 38.6 Å². The van der Waals surface area contributed by atoms with Crippen LogP contribution in [0.3, 0.4) is 0 Å². The Hall–Kier alpha value is -10.3. The molecule has 4 unspecified atom stereocenters. The van der Waals surface area contributed by atoms with Gasteiger partial charge in [-0.1, -0.05) is 50.2 Å². The van der Waals surface area contributed by atoms with E-state index in [-0.39, 0.29) is 44.0 Å². The first-order valence-corrected chi connectivity index (χ1v) is 36.5. The van der Waals surface area contributed by atoms with Crippen molar-refractivity contribution in [1.82, 2.24) is 25.3 Å². The van der Waals surface area contributed by atoms with Crippen LogP contribution in [0.1, 0.15) is 135 Å². The predicted molar refractivity (Wildman–Crippen MR) is 402 cm³/mol. The van der Waals surface area contributed by atoms with Crippen LogP contribution in [0.2, 0.25) is 0 Å². The maximum absolute atomic E-state index is 14.7. The van der Waals surface area contributed by atoms with E-state index in [9.17, 15) is 28.8 Å². The molecule has 2 aliphatic rings. The van der Waals surface area contributed by atoms with E-state index in [4.69, 9.17) is 66.3 Å². The van der Waals surface area contributed by atoms with Crippen LogP contribution in [0.4, 0.5) is 0 Å². The largest absolute Gasteiger partial charge is 0.493 e. The second-order valence-electron chi connectivity index (χ2n) is 26.7. The molecule has 0 aliphatic carbocycles. The van der Waals surface area contributed by atoms with E-state index in [0.29, 0.717) is 175 Å². The standard InChI is InChI=1S/C82H107N5O20/c1-15-61(57-43-71(98-9)77(102-13)72(44-57)99-10)79(90)86-37-19-17-27-63(86)81(92)106-65(33-29-52-31-35-67(94-5)69(39-52)96-7)55-23-21-25-59(41-55)104-50-75(88)83-47-54(49-85(3)4)48-84-76(89)51-105-60-26-22-24-56(42-60)66(34-30-53-32-36-68(95-6)70(40-53)97-8)107-82(93)64-28-18-20-38-87(64)80(91)62(16-2)58-45-73(100-11)78(103-14)74(46-58)101-12/h21-26,31-32,35-36,39-46,54,61-66H,15-20,27-30,33-34,37-38,47-51H2,1-14H3,(H,83,88)(H,84,89)/t54?,61?,62?,63?,64?,65-,66-/m1/s1. The van der Waals surface area contributed by atoms with E-state index in [1.165, 1.54) is 42.7 Å². The zero-order valence-electron chi connectivity index (χ0n) is 64.4. The monoisotopic (exact) mass is 1480 g/mol. The number of aryl methyl sites for hydroxylation is 2. The molecule has 580 valence electrons. The topological polar surface area (TPSA) is 265 Å². The molecule has 8 rings (SSSR count). The van der Waals surface area contributed by atoms with Gasteiger partial charge in [0.15, 0.2) is 59.2 Å². The Morgan fingerprint density at radius 1 is 0.439 bits per heavy atom. The van der Waals surface area contributed by atoms with Crippen molar-refractivity contribution in [1.29, 1.82) is 0 Å². The van der Waals surface area contributed by atoms with E-state index < -0.39 is 59.9 Å². The van der Waals surface area contributed by atoms with Gasteiger partial charge in [-0.2, -0.15) is 0 Å². The molecule has 25 nitrogen and oxygen atoms in total. The second-order valence-corrected chi connectivity index (χ2v) is 26.7. The molecule has 2 saturated heterocycles. The number of esters is 2. The van der Waals surface area contributed by atoms with E-state index in [2.05, 4.69) is 10.6 Å². The SMILES string of the molecule is CCC(C(=O)N1CCCCC1C(=O)O[C@H](CCc1ccc(OC)c(OC)c1)c1cccc(OCC(=O)NCC(CNC(=O)COc2cccc([C@@H](CCc3ccc(OC)c(OC)c3)OC(=O)C3CCCCN3C(=O)C(CC)c3cc(OC)c(OC)c(OC)c3)c2)CN(C)C)c1)c1cc(OC)c(OC)c(OC)c1. The molecule has 2 heterocycles. The number of hydrogen-bond donors (Lipinski definition) is 2. The third-order valence-electron chi connectivity index (χ3n) is 19.5. The molecule has 25 heteroatoms. The fraction of sp³-hybridized carbons (Fsp3) is 0.488. The highest BCUT2D eigenvalue weighted by Crippen LogP contribution is 2.44. The van der Waals surface area contributed by atoms with E-state index in [1.54, 1.807) is 98.9 Å². The minimum absolute atomic E-state index is 0.197. The third kappa shape index (κ3) is 21.9. The van der Waals surface area contributed by atoms with Gasteiger partial charge in [0.1, 0.15) is 35.8 Å². The molecule has 107 heavy (non-hydrogen) atoms. The van der Waals surface area contributed by atoms with Crippen molar-refractivity contribution in [3.63, 3.8) is 0 Å². The summed E-state index contributed by atoms with van der Waals surface area (Å²) in [6.07, 6.45) is 4.57. The van der Waals surface area contributed by atoms with Gasteiger partial charge in [0.25, 0.3) is 11.8 Å². The summed E-state index contributed by atoms with van der Waals surface area (Å²) >= 11 is 0. The van der Waals surface area contributed by atoms with Crippen LogP contribution in [0, 0.1) is 5.92 Å². The van der Waals surface area contributed by atoms with Gasteiger partial charge in [0.2, 0.25) is 23.3 Å². The molecule has 2 aliphatic heterocycles. The highest BCUT2D eigenvalue weighted by molar-refractivity contribution is 5.90. The highest BCUT2D eigenvalue weighted by Gasteiger charge is 2.40. The van der Waals surface area contributed by atoms with Crippen LogP contribution in [0.5, 0.6) is 69.0 Å². The van der Waals surface area contributed by atoms with Crippen molar-refractivity contribution < 1.29 is 95.1 Å². The van der Waals surface area contributed by atoms with Crippen LogP contribution < -0.4 is 67.5 Å². The quantitative estimate of drug-likeness (QED) is 0.0339. The van der Waals surface area contributed by atoms with Gasteiger partial charge in [-0.25, -0.2) is 9.59 Å². The number of likely N-dealkylation sites (tertiary alicyclic amines) is 2. The van der Waals surface area contributed by atoms with Crippen LogP contribution in [-0.4, -0.2) is 193 Å². The summed E-state index contributed by atoms with van der Waals surface area (Å²) in [5.74, 6) is 1.63. The van der Waals surface area contributed by atoms with Crippen molar-refractivity contribution in [3.8, 4) is 69.0 Å². The number of ether oxygens (including phenoxy) is 14. The molecule has 6 aromatic rings. The van der Waals surface area contributed by atoms with Crippen molar-refractivity contribution in [2.75, 3.05) is 131 Å². The van der Waals surface area contributed by atoms with Crippen molar-refractivity contribution in [2.24, 2.45) is 5.92 Å². The van der Waals surface area contributed by atoms with Crippen molar-refractivity contribution >= 4 is 35.6 Å². The minimum Gasteiger partial charge on any atom is -0.493 e. The number of amides is 4. The molecular formula is C82H107N5O20. The molecule has 2 N–H and O–H groups in total. The lowest BCUT2D eigenvalue weighted by molar-refractivity contribution is -0.162. The lowest BCUT2D eigenvalue weighted by Gasteiger charge is -2.37. The molecule has 6 aromatic carbocycles. The average Bonchev–Trinajstić information content (AvgIpc) is 0.795. The molecule has 4 amide bonds. The molecule has 0 aromatic heterocycles. The van der Waals surface area contributed by atoms with Gasteiger partial charge >= 0.3 is 11.9 Å². The lowest BCUT2D eigenvalue weighted by Crippen LogP contribution is -2.50. The third-order valence-corrected chi connectivity index (χ3v) is 19.5. The van der Waals surface area contributed by atoms with Crippen molar-refractivity contribution in [2.45, 2.75) is 127 Å². The Balaban J connectivity index is 0.906. The highest BCUT2D eigenvalue weighted by atomic mass is 16.6. The number of piperidine rings is 2. The summed E-state index contributed by atoms with van der Waals surface area (Å²) in [4.78, 5) is 91.4. The summed E-state index contributed by atoms with van der Waals surface area (Å²) in [5.41, 5.74) is 4.38. The van der Waals surface area contributed by atoms with Gasteiger partial charge < -0.3 is 91.6 Å². The molecule has 0 bridgehead atoms. The van der Waals surface area contributed by atoms with E-state index in [0.717, 1.165) is 24.0 Å². The predicted octanol–water partition coefficient (Wildman–Crippen LogP) is 11.2. The van der Waals surface area contributed by atoms with Crippen LogP contribution >= 0.6 is 0 Å². The molecule has 0 saturated carbocycles. The Morgan fingerprint density at radius 3 is 1.15 bits per heavy atom. The first-order valence-electron chi connectivity index (χ1n) is 36.5. The Kier molecular flexibility index (Phi) is 31.5. The molecule has 6 atom stereocenters. The number of nitrogens with one attached hydrogen (secondary N) is 2. The number of hydrogen-bond acceptors (Lipinski definition) is 21. The fourth-order valence-electron chi connectivity index (χ4n) is 13.9. The van der Waals surface area contributed by atoms with Crippen LogP contribution in [0.15, 0.2) is 109 Å². The number of rotatable bonds is 40. The first kappa shape index (κ1) is 82.4. The number of carbonyl (C=O) groups is 6. The molecule has 2 fully saturated rings. The summed E-state index contributed by atoms with van der Waals surface area (Å²) in [6.45, 7) is 4.79. The van der Waals surface area contributed by atoms with Gasteiger partial charge in [-0.15, -0.1) is 0 Å². The summed E-state index contributed by atoms with van der Waals surface area (Å²) < 4.78 is 81.2. The van der Waals surface area contributed by atoms with Gasteiger partial charge in [-0.3, -0.25) is 19.2 Å². The first-order chi connectivity index (χ1) is 51.8. The fourth-order valence-corrected chi connectivity index (χ4v) is 13.9. The maximum Gasteiger partial charge on any atom is 0.329 e. The minimum atomic E-state index is -0.860. The zero-order chi connectivity index (χ0) is 77.1. The number of nitrogens with zero attached hydrogens (tertiary/aromatic N) is 3. The molecule has 0 spiro atoms. The smallest absolute Gasteiger partial charge is 0.329 e. The second kappa shape index (κ2) is 41.0. The number of carbonyl (C=O) groups excluding carboxylic acids is 6. The maximum atomic E-state index is 14.7. The number of benzene rings is 6. The Labute approximate surface area is 628 Å². The number of methoxy groups -OCH3 is 10. The normalized spacial score (nSPS) is 15.6. The van der Waals surface area contributed by atoms with Gasteiger partial charge in [0.05, 0.1) is 82.9 Å². The molecule has 0 radical (unpaired) electrons. The van der Waals surface area contributed by atoms with Gasteiger partial charge in [-0.05, 0) is 197 Å². The lowest BCUT2D eigenvalue weighted by atomic mass is 9.91. The van der Waals surface area contributed by atoms with E-state index >= 15 is 0 Å². The summed E-state index contributed by atoms with van der Waals surface area (Å²) in [6, 6.07) is 30.8.